The molecule has 3 heteroatoms. The van der Waals surface area contributed by atoms with Crippen LogP contribution in [-0.4, -0.2) is 21.1 Å². The third-order valence-electron chi connectivity index (χ3n) is 1.12. The van der Waals surface area contributed by atoms with Crippen LogP contribution in [0.2, 0.25) is 19.1 Å². The maximum absolute atomic E-state index is 6.05. The molecule has 0 bridgehead atoms. The summed E-state index contributed by atoms with van der Waals surface area (Å²) in [5.41, 5.74) is 0. The molecule has 9 heavy (non-hydrogen) atoms. The van der Waals surface area contributed by atoms with Crippen LogP contribution < -0.4 is 0 Å². The van der Waals surface area contributed by atoms with E-state index in [-0.39, 0.29) is 0 Å². The van der Waals surface area contributed by atoms with E-state index < -0.39 is 7.38 Å². The fourth-order valence-corrected chi connectivity index (χ4v) is 2.02. The van der Waals surface area contributed by atoms with Gasteiger partial charge in [-0.2, -0.15) is 11.1 Å². The largest absolute Gasteiger partial charge is 0.385 e. The van der Waals surface area contributed by atoms with Gasteiger partial charge in [0.1, 0.15) is 0 Å². The number of ether oxygens (including phenoxy) is 1. The van der Waals surface area contributed by atoms with Crippen LogP contribution in [0, 0.1) is 0 Å². The maximum Gasteiger partial charge on any atom is 0.150 e. The molecule has 0 saturated heterocycles. The second kappa shape index (κ2) is 4.31. The first-order valence-corrected chi connectivity index (χ1v) is 7.46. The lowest BCUT2D eigenvalue weighted by Crippen LogP contribution is -2.16. The third kappa shape index (κ3) is 8.47. The van der Waals surface area contributed by atoms with Crippen molar-refractivity contribution in [2.45, 2.75) is 25.6 Å². The minimum atomic E-state index is -1.30. The zero-order valence-electron chi connectivity index (χ0n) is 6.41. The molecule has 0 aliphatic heterocycles. The predicted octanol–water partition coefficient (Wildman–Crippen LogP) is 2.47. The van der Waals surface area contributed by atoms with E-state index in [0.29, 0.717) is 0 Å². The van der Waals surface area contributed by atoms with Gasteiger partial charge in [0.25, 0.3) is 0 Å². The second-order valence-electron chi connectivity index (χ2n) is 2.82. The average molecular weight is 167 g/mol. The molecule has 0 atom stereocenters. The number of hydrogen-bond donors (Lipinski definition) is 0. The molecule has 56 valence electrons. The van der Waals surface area contributed by atoms with Gasteiger partial charge in [0.05, 0.1) is 0 Å². The van der Waals surface area contributed by atoms with Crippen molar-refractivity contribution < 1.29 is 4.74 Å². The van der Waals surface area contributed by atoms with E-state index in [1.165, 1.54) is 0 Å². The topological polar surface area (TPSA) is 9.23 Å². The van der Waals surface area contributed by atoms with E-state index in [9.17, 15) is 0 Å². The van der Waals surface area contributed by atoms with E-state index in [4.69, 9.17) is 15.8 Å². The Morgan fingerprint density at radius 2 is 2.00 bits per heavy atom. The van der Waals surface area contributed by atoms with E-state index in [1.54, 1.807) is 7.11 Å². The number of methoxy groups -OCH3 is 1. The monoisotopic (exact) mass is 166 g/mol. The van der Waals surface area contributed by atoms with Gasteiger partial charge < -0.3 is 4.74 Å². The SMILES string of the molecule is COCCC[Si](C)(C)Cl. The summed E-state index contributed by atoms with van der Waals surface area (Å²) in [6.07, 6.45) is 1.11. The summed E-state index contributed by atoms with van der Waals surface area (Å²) in [7, 11) is 0.423. The molecule has 0 aromatic carbocycles. The van der Waals surface area contributed by atoms with Crippen molar-refractivity contribution in [2.75, 3.05) is 13.7 Å². The van der Waals surface area contributed by atoms with Crippen LogP contribution in [0.3, 0.4) is 0 Å². The lowest BCUT2D eigenvalue weighted by Gasteiger charge is -2.10. The molecular weight excluding hydrogens is 152 g/mol. The van der Waals surface area contributed by atoms with Crippen molar-refractivity contribution in [1.29, 1.82) is 0 Å². The van der Waals surface area contributed by atoms with Gasteiger partial charge in [-0.15, -0.1) is 0 Å². The van der Waals surface area contributed by atoms with Crippen molar-refractivity contribution in [3.05, 3.63) is 0 Å². The minimum Gasteiger partial charge on any atom is -0.385 e. The molecule has 0 heterocycles. The molecule has 0 radical (unpaired) electrons. The third-order valence-corrected chi connectivity index (χ3v) is 3.23. The normalized spacial score (nSPS) is 12.0. The smallest absolute Gasteiger partial charge is 0.150 e. The number of rotatable bonds is 4. The standard InChI is InChI=1S/C6H15ClOSi/c1-8-5-4-6-9(2,3)7/h4-6H2,1-3H3. The second-order valence-corrected chi connectivity index (χ2v) is 9.82. The highest BCUT2D eigenvalue weighted by molar-refractivity contribution is 7.19. The minimum absolute atomic E-state index is 0.850. The van der Waals surface area contributed by atoms with Crippen LogP contribution in [0.5, 0.6) is 0 Å². The van der Waals surface area contributed by atoms with Gasteiger partial charge >= 0.3 is 0 Å². The van der Waals surface area contributed by atoms with Crippen LogP contribution in [0.1, 0.15) is 6.42 Å². The van der Waals surface area contributed by atoms with Crippen LogP contribution in [0.15, 0.2) is 0 Å². The molecule has 0 amide bonds. The molecule has 0 unspecified atom stereocenters. The molecule has 0 aliphatic rings. The van der Waals surface area contributed by atoms with Crippen molar-refractivity contribution in [3.8, 4) is 0 Å². The van der Waals surface area contributed by atoms with Crippen LogP contribution >= 0.6 is 11.1 Å². The lowest BCUT2D eigenvalue weighted by atomic mass is 10.5. The Hall–Kier alpha value is 0.467. The van der Waals surface area contributed by atoms with Gasteiger partial charge in [0, 0.05) is 13.7 Å². The van der Waals surface area contributed by atoms with Gasteiger partial charge in [-0.05, 0) is 12.5 Å². The Morgan fingerprint density at radius 1 is 1.44 bits per heavy atom. The van der Waals surface area contributed by atoms with Crippen LogP contribution in [0.25, 0.3) is 0 Å². The molecular formula is C6H15ClOSi. The molecule has 0 aliphatic carbocycles. The first-order valence-electron chi connectivity index (χ1n) is 3.24. The van der Waals surface area contributed by atoms with Crippen molar-refractivity contribution >= 4 is 18.5 Å². The first kappa shape index (κ1) is 9.47. The summed E-state index contributed by atoms with van der Waals surface area (Å²) in [6.45, 7) is 5.16. The summed E-state index contributed by atoms with van der Waals surface area (Å²) in [5.74, 6) is 0. The van der Waals surface area contributed by atoms with E-state index in [1.807, 2.05) is 0 Å². The van der Waals surface area contributed by atoms with Crippen molar-refractivity contribution in [3.63, 3.8) is 0 Å². The molecule has 0 aromatic heterocycles. The van der Waals surface area contributed by atoms with Gasteiger partial charge in [-0.1, -0.05) is 13.1 Å². The number of hydrogen-bond acceptors (Lipinski definition) is 1. The predicted molar refractivity (Wildman–Crippen MR) is 44.6 cm³/mol. The van der Waals surface area contributed by atoms with Crippen LogP contribution in [-0.2, 0) is 4.74 Å². The Kier molecular flexibility index (Phi) is 4.53. The fraction of sp³-hybridized carbons (Fsp3) is 1.00. The summed E-state index contributed by atoms with van der Waals surface area (Å²) >= 11 is 6.05. The van der Waals surface area contributed by atoms with Crippen molar-refractivity contribution in [2.24, 2.45) is 0 Å². The Morgan fingerprint density at radius 3 is 2.33 bits per heavy atom. The van der Waals surface area contributed by atoms with Crippen molar-refractivity contribution in [1.82, 2.24) is 0 Å². The van der Waals surface area contributed by atoms with E-state index >= 15 is 0 Å². The summed E-state index contributed by atoms with van der Waals surface area (Å²) in [6, 6.07) is 1.16. The van der Waals surface area contributed by atoms with Gasteiger partial charge in [0.15, 0.2) is 7.38 Å². The Bertz CT molecular complexity index is 69.9. The van der Waals surface area contributed by atoms with Gasteiger partial charge in [0.2, 0.25) is 0 Å². The summed E-state index contributed by atoms with van der Waals surface area (Å²) < 4.78 is 4.90. The Balaban J connectivity index is 3.07. The highest BCUT2D eigenvalue weighted by atomic mass is 35.6. The van der Waals surface area contributed by atoms with E-state index in [2.05, 4.69) is 13.1 Å². The average Bonchev–Trinajstić information content (AvgIpc) is 1.63. The first-order chi connectivity index (χ1) is 4.06. The molecule has 0 N–H and O–H groups in total. The fourth-order valence-electron chi connectivity index (χ4n) is 0.637. The van der Waals surface area contributed by atoms with Gasteiger partial charge in [-0.25, -0.2) is 0 Å². The quantitative estimate of drug-likeness (QED) is 0.354. The zero-order chi connectivity index (χ0) is 7.33. The number of halogens is 1. The molecule has 0 saturated carbocycles. The molecule has 1 nitrogen and oxygen atoms in total. The maximum atomic E-state index is 6.05. The van der Waals surface area contributed by atoms with Crippen LogP contribution in [0.4, 0.5) is 0 Å². The molecule has 0 spiro atoms. The highest BCUT2D eigenvalue weighted by Crippen LogP contribution is 2.15. The molecule has 0 aromatic rings. The summed E-state index contributed by atoms with van der Waals surface area (Å²) in [4.78, 5) is 0. The van der Waals surface area contributed by atoms with Gasteiger partial charge in [-0.3, -0.25) is 0 Å². The lowest BCUT2D eigenvalue weighted by molar-refractivity contribution is 0.199. The zero-order valence-corrected chi connectivity index (χ0v) is 8.16. The Labute approximate surface area is 63.1 Å². The highest BCUT2D eigenvalue weighted by Gasteiger charge is 2.15. The molecule has 0 rings (SSSR count). The molecule has 0 fully saturated rings. The van der Waals surface area contributed by atoms with E-state index in [0.717, 1.165) is 19.1 Å². The summed E-state index contributed by atoms with van der Waals surface area (Å²) in [5, 5.41) is 0.